The Morgan fingerprint density at radius 2 is 1.58 bits per heavy atom. The number of carbonyl (C=O) groups excluding carboxylic acids is 2. The van der Waals surface area contributed by atoms with Crippen LogP contribution in [0.1, 0.15) is 39.2 Å². The molecule has 0 aliphatic heterocycles. The zero-order chi connectivity index (χ0) is 26.9. The van der Waals surface area contributed by atoms with Gasteiger partial charge in [0.05, 0.1) is 12.8 Å². The molecular weight excluding hydrogens is 480 g/mol. The summed E-state index contributed by atoms with van der Waals surface area (Å²) in [5.74, 6) is -0.0767. The van der Waals surface area contributed by atoms with Gasteiger partial charge in [-0.1, -0.05) is 44.2 Å². The number of carbonyl (C=O) groups is 2. The smallest absolute Gasteiger partial charge is 0.304 e. The molecule has 0 saturated carbocycles. The average Bonchev–Trinajstić information content (AvgIpc) is 2.87. The second-order valence-corrected chi connectivity index (χ2v) is 10.8. The van der Waals surface area contributed by atoms with E-state index < -0.39 is 28.7 Å². The van der Waals surface area contributed by atoms with Gasteiger partial charge in [-0.15, -0.1) is 0 Å². The van der Waals surface area contributed by atoms with Crippen LogP contribution >= 0.6 is 0 Å². The zero-order valence-electron chi connectivity index (χ0n) is 22.0. The first-order valence-electron chi connectivity index (χ1n) is 12.0. The van der Waals surface area contributed by atoms with Crippen LogP contribution in [-0.2, 0) is 26.3 Å². The maximum absolute atomic E-state index is 13.8. The van der Waals surface area contributed by atoms with Gasteiger partial charge in [0.2, 0.25) is 11.8 Å². The van der Waals surface area contributed by atoms with Crippen molar-refractivity contribution >= 4 is 27.7 Å². The van der Waals surface area contributed by atoms with Gasteiger partial charge in [-0.3, -0.25) is 9.59 Å². The van der Waals surface area contributed by atoms with Crippen molar-refractivity contribution in [3.8, 4) is 5.75 Å². The van der Waals surface area contributed by atoms with Crippen LogP contribution in [0.2, 0.25) is 0 Å². The summed E-state index contributed by atoms with van der Waals surface area (Å²) in [5.41, 5.74) is 1.15. The molecule has 1 N–H and O–H groups in total. The molecule has 2 aromatic carbocycles. The summed E-state index contributed by atoms with van der Waals surface area (Å²) in [6.07, 6.45) is 1.12. The molecule has 0 aromatic heterocycles. The zero-order valence-corrected chi connectivity index (χ0v) is 22.8. The third kappa shape index (κ3) is 7.44. The Balaban J connectivity index is 2.47. The predicted octanol–water partition coefficient (Wildman–Crippen LogP) is 3.03. The van der Waals surface area contributed by atoms with Crippen LogP contribution in [0.25, 0.3) is 0 Å². The lowest BCUT2D eigenvalue weighted by Gasteiger charge is -2.34. The minimum absolute atomic E-state index is 0.0561. The molecule has 2 aromatic rings. The molecule has 2 atom stereocenters. The minimum Gasteiger partial charge on any atom is -0.497 e. The van der Waals surface area contributed by atoms with Crippen molar-refractivity contribution in [2.24, 2.45) is 0 Å². The maximum Gasteiger partial charge on any atom is 0.304 e. The highest BCUT2D eigenvalue weighted by Gasteiger charge is 2.34. The third-order valence-electron chi connectivity index (χ3n) is 5.96. The van der Waals surface area contributed by atoms with E-state index in [1.807, 2.05) is 32.9 Å². The van der Waals surface area contributed by atoms with E-state index in [0.29, 0.717) is 17.9 Å². The second-order valence-electron chi connectivity index (χ2n) is 8.74. The van der Waals surface area contributed by atoms with Gasteiger partial charge in [0.25, 0.3) is 0 Å². The molecule has 0 bridgehead atoms. The molecular formula is C26H38N4O5S. The van der Waals surface area contributed by atoms with Crippen molar-refractivity contribution in [2.75, 3.05) is 32.1 Å². The van der Waals surface area contributed by atoms with Crippen molar-refractivity contribution in [1.29, 1.82) is 0 Å². The summed E-state index contributed by atoms with van der Waals surface area (Å²) in [7, 11) is 0.426. The van der Waals surface area contributed by atoms with Gasteiger partial charge in [-0.25, -0.2) is 4.31 Å². The van der Waals surface area contributed by atoms with E-state index >= 15 is 0 Å². The van der Waals surface area contributed by atoms with Crippen LogP contribution in [0.5, 0.6) is 5.75 Å². The van der Waals surface area contributed by atoms with Gasteiger partial charge in [0, 0.05) is 26.7 Å². The molecule has 0 fully saturated rings. The molecule has 2 unspecified atom stereocenters. The Kier molecular flexibility index (Phi) is 10.7. The number of ether oxygens (including phenoxy) is 1. The summed E-state index contributed by atoms with van der Waals surface area (Å²) in [6.45, 7) is 5.39. The van der Waals surface area contributed by atoms with Crippen molar-refractivity contribution in [1.82, 2.24) is 14.5 Å². The molecule has 0 heterocycles. The number of hydrogen-bond donors (Lipinski definition) is 1. The molecule has 10 heteroatoms. The molecule has 0 radical (unpaired) electrons. The molecule has 0 saturated heterocycles. The average molecular weight is 519 g/mol. The molecule has 0 aliphatic rings. The number of benzene rings is 2. The number of anilines is 1. The third-order valence-corrected chi connectivity index (χ3v) is 7.78. The number of nitrogens with one attached hydrogen (secondary N) is 1. The van der Waals surface area contributed by atoms with Gasteiger partial charge in [0.15, 0.2) is 0 Å². The standard InChI is InChI=1S/C26H38N4O5S/c1-7-20(3)27-26(32)24(8-2)29(18-21-14-16-23(35-6)17-15-21)25(31)19-30(36(33,34)28(4)5)22-12-10-9-11-13-22/h9-17,20,24H,7-8,18-19H2,1-6H3,(H,27,32). The summed E-state index contributed by atoms with van der Waals surface area (Å²) < 4.78 is 33.7. The van der Waals surface area contributed by atoms with Crippen LogP contribution in [-0.4, -0.2) is 69.3 Å². The Hall–Kier alpha value is -3.11. The molecule has 2 amide bonds. The molecule has 2 rings (SSSR count). The quantitative estimate of drug-likeness (QED) is 0.440. The molecule has 0 spiro atoms. The Labute approximate surface area is 215 Å². The molecule has 198 valence electrons. The normalized spacial score (nSPS) is 13.1. The summed E-state index contributed by atoms with van der Waals surface area (Å²) in [4.78, 5) is 28.4. The van der Waals surface area contributed by atoms with Crippen LogP contribution in [0.3, 0.4) is 0 Å². The summed E-state index contributed by atoms with van der Waals surface area (Å²) in [5, 5.41) is 2.96. The van der Waals surface area contributed by atoms with E-state index in [4.69, 9.17) is 4.74 Å². The predicted molar refractivity (Wildman–Crippen MR) is 142 cm³/mol. The topological polar surface area (TPSA) is 99.3 Å². The number of para-hydroxylation sites is 1. The monoisotopic (exact) mass is 518 g/mol. The first kappa shape index (κ1) is 29.1. The first-order chi connectivity index (χ1) is 17.0. The lowest BCUT2D eigenvalue weighted by Crippen LogP contribution is -2.54. The summed E-state index contributed by atoms with van der Waals surface area (Å²) in [6, 6.07) is 14.8. The van der Waals surface area contributed by atoms with Crippen LogP contribution in [0.15, 0.2) is 54.6 Å². The SMILES string of the molecule is CCC(C)NC(=O)C(CC)N(Cc1ccc(OC)cc1)C(=O)CN(c1ccccc1)S(=O)(=O)N(C)C. The van der Waals surface area contributed by atoms with Crippen molar-refractivity contribution in [2.45, 2.75) is 52.2 Å². The lowest BCUT2D eigenvalue weighted by atomic mass is 10.1. The number of rotatable bonds is 13. The number of nitrogens with zero attached hydrogens (tertiary/aromatic N) is 3. The largest absolute Gasteiger partial charge is 0.497 e. The van der Waals surface area contributed by atoms with Crippen LogP contribution < -0.4 is 14.4 Å². The second kappa shape index (κ2) is 13.3. The lowest BCUT2D eigenvalue weighted by molar-refractivity contribution is -0.140. The van der Waals surface area contributed by atoms with Gasteiger partial charge in [0.1, 0.15) is 18.3 Å². The minimum atomic E-state index is -3.98. The highest BCUT2D eigenvalue weighted by molar-refractivity contribution is 7.90. The molecule has 0 aliphatic carbocycles. The number of methoxy groups -OCH3 is 1. The fraction of sp³-hybridized carbons (Fsp3) is 0.462. The Morgan fingerprint density at radius 3 is 2.08 bits per heavy atom. The van der Waals surface area contributed by atoms with Gasteiger partial charge in [-0.2, -0.15) is 12.7 Å². The number of amides is 2. The van der Waals surface area contributed by atoms with Gasteiger partial charge in [-0.05, 0) is 49.6 Å². The van der Waals surface area contributed by atoms with Crippen molar-refractivity contribution in [3.05, 3.63) is 60.2 Å². The molecule has 36 heavy (non-hydrogen) atoms. The van der Waals surface area contributed by atoms with Crippen LogP contribution in [0, 0.1) is 0 Å². The van der Waals surface area contributed by atoms with E-state index in [9.17, 15) is 18.0 Å². The highest BCUT2D eigenvalue weighted by atomic mass is 32.2. The highest BCUT2D eigenvalue weighted by Crippen LogP contribution is 2.21. The van der Waals surface area contributed by atoms with E-state index in [0.717, 1.165) is 20.6 Å². The van der Waals surface area contributed by atoms with E-state index in [-0.39, 0.29) is 18.5 Å². The maximum atomic E-state index is 13.8. The van der Waals surface area contributed by atoms with Crippen LogP contribution in [0.4, 0.5) is 5.69 Å². The fourth-order valence-corrected chi connectivity index (χ4v) is 4.66. The van der Waals surface area contributed by atoms with E-state index in [1.54, 1.807) is 49.6 Å². The summed E-state index contributed by atoms with van der Waals surface area (Å²) >= 11 is 0. The first-order valence-corrected chi connectivity index (χ1v) is 13.4. The van der Waals surface area contributed by atoms with Gasteiger partial charge < -0.3 is 15.0 Å². The van der Waals surface area contributed by atoms with Crippen molar-refractivity contribution in [3.63, 3.8) is 0 Å². The van der Waals surface area contributed by atoms with E-state index in [1.165, 1.54) is 19.0 Å². The fourth-order valence-electron chi connectivity index (χ4n) is 3.60. The number of hydrogen-bond acceptors (Lipinski definition) is 5. The molecule has 9 nitrogen and oxygen atoms in total. The Bertz CT molecular complexity index is 1090. The van der Waals surface area contributed by atoms with Crippen molar-refractivity contribution < 1.29 is 22.7 Å². The van der Waals surface area contributed by atoms with Gasteiger partial charge >= 0.3 is 10.2 Å². The Morgan fingerprint density at radius 1 is 0.972 bits per heavy atom. The van der Waals surface area contributed by atoms with E-state index in [2.05, 4.69) is 5.32 Å².